The normalized spacial score (nSPS) is 15.6. The first-order valence-electron chi connectivity index (χ1n) is 8.07. The van der Waals surface area contributed by atoms with Crippen LogP contribution in [-0.4, -0.2) is 55.3 Å². The lowest BCUT2D eigenvalue weighted by atomic mass is 10.2. The molecule has 3 heterocycles. The van der Waals surface area contributed by atoms with Gasteiger partial charge in [-0.1, -0.05) is 17.8 Å². The molecule has 1 fully saturated rings. The summed E-state index contributed by atoms with van der Waals surface area (Å²) in [5.41, 5.74) is 0.752. The van der Waals surface area contributed by atoms with Crippen molar-refractivity contribution in [3.63, 3.8) is 0 Å². The minimum absolute atomic E-state index is 0.133. The summed E-state index contributed by atoms with van der Waals surface area (Å²) in [7, 11) is 1.85. The number of nitrogens with zero attached hydrogens (tertiary/aromatic N) is 4. The zero-order chi connectivity index (χ0) is 19.2. The molecule has 2 aromatic rings. The van der Waals surface area contributed by atoms with Crippen molar-refractivity contribution in [1.82, 2.24) is 24.8 Å². The van der Waals surface area contributed by atoms with E-state index in [-0.39, 0.29) is 35.9 Å². The molecule has 140 valence electrons. The summed E-state index contributed by atoms with van der Waals surface area (Å²) < 4.78 is 1.83. The van der Waals surface area contributed by atoms with E-state index in [1.165, 1.54) is 11.8 Å². The Balaban J connectivity index is 1.47. The number of nitrogens with one attached hydrogen (secondary N) is 1. The second-order valence-corrected chi connectivity index (χ2v) is 7.51. The molecule has 0 radical (unpaired) electrons. The number of carbonyl (C=O) groups is 3. The van der Waals surface area contributed by atoms with Gasteiger partial charge in [0.15, 0.2) is 5.16 Å². The summed E-state index contributed by atoms with van der Waals surface area (Å²) in [5.74, 6) is -0.320. The lowest BCUT2D eigenvalue weighted by Crippen LogP contribution is -2.37. The molecule has 1 aliphatic heterocycles. The predicted molar refractivity (Wildman–Crippen MR) is 104 cm³/mol. The second-order valence-electron chi connectivity index (χ2n) is 5.58. The van der Waals surface area contributed by atoms with Crippen LogP contribution in [0.4, 0.5) is 4.79 Å². The Morgan fingerprint density at radius 1 is 1.37 bits per heavy atom. The van der Waals surface area contributed by atoms with E-state index in [4.69, 9.17) is 0 Å². The Labute approximate surface area is 164 Å². The number of amides is 3. The minimum atomic E-state index is -0.356. The van der Waals surface area contributed by atoms with Crippen molar-refractivity contribution in [3.8, 4) is 0 Å². The fraction of sp³-hybridized carbons (Fsp3) is 0.235. The zero-order valence-corrected chi connectivity index (χ0v) is 16.1. The molecular weight excluding hydrogens is 386 g/mol. The maximum Gasteiger partial charge on any atom is 0.293 e. The molecule has 0 aliphatic carbocycles. The highest BCUT2D eigenvalue weighted by Crippen LogP contribution is 2.31. The van der Waals surface area contributed by atoms with Gasteiger partial charge in [0, 0.05) is 44.9 Å². The summed E-state index contributed by atoms with van der Waals surface area (Å²) in [5, 5.41) is 3.12. The van der Waals surface area contributed by atoms with E-state index >= 15 is 0 Å². The van der Waals surface area contributed by atoms with Crippen LogP contribution in [-0.2, 0) is 16.6 Å². The largest absolute Gasteiger partial charge is 0.354 e. The number of imidazole rings is 1. The molecule has 27 heavy (non-hydrogen) atoms. The fourth-order valence-electron chi connectivity index (χ4n) is 2.28. The van der Waals surface area contributed by atoms with Gasteiger partial charge < -0.3 is 9.88 Å². The Morgan fingerprint density at radius 3 is 2.93 bits per heavy atom. The highest BCUT2D eigenvalue weighted by Gasteiger charge is 2.34. The second kappa shape index (κ2) is 8.87. The van der Waals surface area contributed by atoms with Crippen molar-refractivity contribution in [2.75, 3.05) is 18.8 Å². The van der Waals surface area contributed by atoms with Crippen molar-refractivity contribution in [1.29, 1.82) is 0 Å². The van der Waals surface area contributed by atoms with Gasteiger partial charge in [0.2, 0.25) is 5.91 Å². The highest BCUT2D eigenvalue weighted by atomic mass is 32.2. The molecule has 0 spiro atoms. The number of imide groups is 1. The molecule has 2 aromatic heterocycles. The molecular formula is C17H17N5O3S2. The van der Waals surface area contributed by atoms with E-state index in [0.29, 0.717) is 4.91 Å². The van der Waals surface area contributed by atoms with E-state index in [0.717, 1.165) is 27.4 Å². The van der Waals surface area contributed by atoms with Crippen LogP contribution < -0.4 is 5.32 Å². The topological polar surface area (TPSA) is 97.2 Å². The van der Waals surface area contributed by atoms with E-state index in [1.54, 1.807) is 43.0 Å². The third-order valence-electron chi connectivity index (χ3n) is 3.62. The maximum atomic E-state index is 12.4. The molecule has 8 nitrogen and oxygen atoms in total. The van der Waals surface area contributed by atoms with Gasteiger partial charge in [0.05, 0.1) is 10.7 Å². The first-order chi connectivity index (χ1) is 13.0. The molecule has 3 amide bonds. The molecule has 0 aromatic carbocycles. The quantitative estimate of drug-likeness (QED) is 0.556. The molecule has 0 atom stereocenters. The minimum Gasteiger partial charge on any atom is -0.354 e. The fourth-order valence-corrected chi connectivity index (χ4v) is 3.91. The van der Waals surface area contributed by atoms with Gasteiger partial charge in [-0.2, -0.15) is 0 Å². The average Bonchev–Trinajstić information content (AvgIpc) is 3.18. The third kappa shape index (κ3) is 4.98. The van der Waals surface area contributed by atoms with Gasteiger partial charge in [-0.25, -0.2) is 4.98 Å². The van der Waals surface area contributed by atoms with Gasteiger partial charge >= 0.3 is 0 Å². The van der Waals surface area contributed by atoms with Crippen LogP contribution in [0.15, 0.2) is 47.0 Å². The van der Waals surface area contributed by atoms with Crippen LogP contribution in [0.1, 0.15) is 5.56 Å². The maximum absolute atomic E-state index is 12.4. The molecule has 0 unspecified atom stereocenters. The van der Waals surface area contributed by atoms with Crippen LogP contribution in [0.3, 0.4) is 0 Å². The van der Waals surface area contributed by atoms with Gasteiger partial charge in [-0.3, -0.25) is 24.3 Å². The number of hydrogen-bond donors (Lipinski definition) is 1. The van der Waals surface area contributed by atoms with E-state index < -0.39 is 0 Å². The smallest absolute Gasteiger partial charge is 0.293 e. The number of rotatable bonds is 7. The summed E-state index contributed by atoms with van der Waals surface area (Å²) in [6.45, 7) is 0.339. The van der Waals surface area contributed by atoms with E-state index in [1.807, 2.05) is 11.6 Å². The van der Waals surface area contributed by atoms with Crippen molar-refractivity contribution < 1.29 is 14.4 Å². The number of pyridine rings is 1. The lowest BCUT2D eigenvalue weighted by Gasteiger charge is -2.12. The first kappa shape index (κ1) is 19.2. The molecule has 1 saturated heterocycles. The molecule has 1 aliphatic rings. The number of thioether (sulfide) groups is 2. The van der Waals surface area contributed by atoms with Crippen LogP contribution in [0.2, 0.25) is 0 Å². The standard InChI is InChI=1S/C17H17N5O3S2/c1-21-7-5-20-16(21)26-11-14(23)19-6-8-22-15(24)13(27-17(22)25)9-12-3-2-4-18-10-12/h2-5,7,9-10H,6,8,11H2,1H3,(H,19,23)/b13-9-. The Morgan fingerprint density at radius 2 is 2.22 bits per heavy atom. The molecule has 1 N–H and O–H groups in total. The number of aromatic nitrogens is 3. The van der Waals surface area contributed by atoms with Crippen molar-refractivity contribution >= 4 is 46.7 Å². The average molecular weight is 403 g/mol. The van der Waals surface area contributed by atoms with Gasteiger partial charge in [-0.05, 0) is 29.5 Å². The van der Waals surface area contributed by atoms with E-state index in [9.17, 15) is 14.4 Å². The summed E-state index contributed by atoms with van der Waals surface area (Å²) in [6.07, 6.45) is 8.36. The molecule has 0 bridgehead atoms. The lowest BCUT2D eigenvalue weighted by molar-refractivity contribution is -0.123. The van der Waals surface area contributed by atoms with Crippen molar-refractivity contribution in [3.05, 3.63) is 47.4 Å². The van der Waals surface area contributed by atoms with Crippen molar-refractivity contribution in [2.24, 2.45) is 7.05 Å². The van der Waals surface area contributed by atoms with Gasteiger partial charge in [0.1, 0.15) is 0 Å². The Bertz CT molecular complexity index is 882. The molecule has 0 saturated carbocycles. The van der Waals surface area contributed by atoms with Crippen LogP contribution in [0.5, 0.6) is 0 Å². The zero-order valence-electron chi connectivity index (χ0n) is 14.5. The number of hydrogen-bond acceptors (Lipinski definition) is 7. The van der Waals surface area contributed by atoms with Crippen LogP contribution >= 0.6 is 23.5 Å². The van der Waals surface area contributed by atoms with E-state index in [2.05, 4.69) is 15.3 Å². The Kier molecular flexibility index (Phi) is 6.30. The summed E-state index contributed by atoms with van der Waals surface area (Å²) in [4.78, 5) is 46.0. The molecule has 3 rings (SSSR count). The summed E-state index contributed by atoms with van der Waals surface area (Å²) in [6, 6.07) is 3.56. The summed E-state index contributed by atoms with van der Waals surface area (Å²) >= 11 is 2.21. The van der Waals surface area contributed by atoms with Gasteiger partial charge in [-0.15, -0.1) is 0 Å². The Hall–Kier alpha value is -2.59. The first-order valence-corrected chi connectivity index (χ1v) is 9.87. The van der Waals surface area contributed by atoms with Gasteiger partial charge in [0.25, 0.3) is 11.1 Å². The molecule has 10 heteroatoms. The van der Waals surface area contributed by atoms with Crippen molar-refractivity contribution in [2.45, 2.75) is 5.16 Å². The van der Waals surface area contributed by atoms with Crippen LogP contribution in [0.25, 0.3) is 6.08 Å². The monoisotopic (exact) mass is 403 g/mol. The SMILES string of the molecule is Cn1ccnc1SCC(=O)NCCN1C(=O)S/C(=C\c2cccnc2)C1=O. The highest BCUT2D eigenvalue weighted by molar-refractivity contribution is 8.18. The third-order valence-corrected chi connectivity index (χ3v) is 5.59. The number of aryl methyl sites for hydroxylation is 1. The predicted octanol–water partition coefficient (Wildman–Crippen LogP) is 1.76. The number of carbonyl (C=O) groups excluding carboxylic acids is 3. The van der Waals surface area contributed by atoms with Crippen LogP contribution in [0, 0.1) is 0 Å².